The third-order valence-corrected chi connectivity index (χ3v) is 3.61. The molecule has 0 unspecified atom stereocenters. The molecule has 0 radical (unpaired) electrons. The van der Waals surface area contributed by atoms with Crippen molar-refractivity contribution < 1.29 is 14.3 Å². The number of nitrogens with zero attached hydrogens (tertiary/aromatic N) is 1. The van der Waals surface area contributed by atoms with Gasteiger partial charge in [0.2, 0.25) is 0 Å². The molecule has 0 saturated carbocycles. The van der Waals surface area contributed by atoms with Gasteiger partial charge < -0.3 is 15.4 Å². The minimum atomic E-state index is -0.507. The number of carbonyl (C=O) groups excluding carboxylic acids is 2. The van der Waals surface area contributed by atoms with Gasteiger partial charge in [-0.05, 0) is 24.1 Å². The highest BCUT2D eigenvalue weighted by molar-refractivity contribution is 5.98. The summed E-state index contributed by atoms with van der Waals surface area (Å²) in [7, 11) is 1.29. The number of amides is 1. The molecule has 1 amide bonds. The zero-order valence-corrected chi connectivity index (χ0v) is 14.4. The van der Waals surface area contributed by atoms with E-state index in [0.29, 0.717) is 24.2 Å². The largest absolute Gasteiger partial charge is 0.465 e. The maximum absolute atomic E-state index is 12.1. The second-order valence-corrected chi connectivity index (χ2v) is 5.34. The Bertz CT molecular complexity index is 839. The van der Waals surface area contributed by atoms with Crippen LogP contribution in [0.4, 0.5) is 5.69 Å². The quantitative estimate of drug-likeness (QED) is 0.455. The van der Waals surface area contributed by atoms with E-state index in [9.17, 15) is 14.9 Å². The number of carbonyl (C=O) groups is 2. The first-order valence-electron chi connectivity index (χ1n) is 8.02. The second-order valence-electron chi connectivity index (χ2n) is 5.34. The van der Waals surface area contributed by atoms with Crippen molar-refractivity contribution in [3.8, 4) is 6.07 Å². The predicted octanol–water partition coefficient (Wildman–Crippen LogP) is 2.65. The van der Waals surface area contributed by atoms with Crippen molar-refractivity contribution in [1.29, 1.82) is 5.26 Å². The third-order valence-electron chi connectivity index (χ3n) is 3.61. The number of hydrogen-bond acceptors (Lipinski definition) is 5. The summed E-state index contributed by atoms with van der Waals surface area (Å²) in [6.45, 7) is 0.417. The van der Waals surface area contributed by atoms with Crippen molar-refractivity contribution >= 4 is 17.6 Å². The molecule has 0 aliphatic rings. The van der Waals surface area contributed by atoms with Crippen molar-refractivity contribution in [2.45, 2.75) is 6.42 Å². The molecule has 0 atom stereocenters. The van der Waals surface area contributed by atoms with Gasteiger partial charge in [-0.2, -0.15) is 5.26 Å². The van der Waals surface area contributed by atoms with Gasteiger partial charge >= 0.3 is 5.97 Å². The Hall–Kier alpha value is -3.59. The number of rotatable bonds is 7. The van der Waals surface area contributed by atoms with E-state index in [1.807, 2.05) is 36.4 Å². The Kier molecular flexibility index (Phi) is 6.95. The van der Waals surface area contributed by atoms with Crippen molar-refractivity contribution in [2.75, 3.05) is 19.0 Å². The van der Waals surface area contributed by atoms with Crippen LogP contribution in [0.2, 0.25) is 0 Å². The fourth-order valence-corrected chi connectivity index (χ4v) is 2.26. The first-order valence-corrected chi connectivity index (χ1v) is 8.02. The van der Waals surface area contributed by atoms with Crippen molar-refractivity contribution in [3.63, 3.8) is 0 Å². The summed E-state index contributed by atoms with van der Waals surface area (Å²) in [5, 5.41) is 14.7. The van der Waals surface area contributed by atoms with Gasteiger partial charge in [-0.15, -0.1) is 0 Å². The lowest BCUT2D eigenvalue weighted by atomic mass is 10.1. The van der Waals surface area contributed by atoms with Gasteiger partial charge in [0.25, 0.3) is 5.91 Å². The maximum Gasteiger partial charge on any atom is 0.339 e. The molecule has 0 saturated heterocycles. The van der Waals surface area contributed by atoms with E-state index in [1.54, 1.807) is 24.3 Å². The first-order chi connectivity index (χ1) is 12.7. The van der Waals surface area contributed by atoms with Crippen LogP contribution < -0.4 is 10.6 Å². The summed E-state index contributed by atoms with van der Waals surface area (Å²) in [5.41, 5.74) is 1.77. The van der Waals surface area contributed by atoms with Gasteiger partial charge in [-0.25, -0.2) is 4.79 Å². The normalized spacial score (nSPS) is 10.5. The summed E-state index contributed by atoms with van der Waals surface area (Å²) < 4.78 is 4.71. The summed E-state index contributed by atoms with van der Waals surface area (Å²) in [6, 6.07) is 18.3. The molecule has 2 aromatic carbocycles. The number of nitrogens with one attached hydrogen (secondary N) is 2. The average Bonchev–Trinajstić information content (AvgIpc) is 2.69. The van der Waals surface area contributed by atoms with Crippen LogP contribution in [-0.2, 0) is 16.0 Å². The summed E-state index contributed by atoms with van der Waals surface area (Å²) >= 11 is 0. The van der Waals surface area contributed by atoms with Crippen LogP contribution in [0.1, 0.15) is 15.9 Å². The smallest absolute Gasteiger partial charge is 0.339 e. The van der Waals surface area contributed by atoms with Crippen LogP contribution in [0, 0.1) is 11.3 Å². The molecule has 26 heavy (non-hydrogen) atoms. The number of methoxy groups -OCH3 is 1. The molecular weight excluding hydrogens is 330 g/mol. The molecule has 132 valence electrons. The minimum absolute atomic E-state index is 0.0854. The Labute approximate surface area is 152 Å². The topological polar surface area (TPSA) is 91.2 Å². The number of para-hydroxylation sites is 1. The predicted molar refractivity (Wildman–Crippen MR) is 98.3 cm³/mol. The molecule has 0 spiro atoms. The number of hydrogen-bond donors (Lipinski definition) is 2. The van der Waals surface area contributed by atoms with E-state index in [0.717, 1.165) is 5.56 Å². The molecule has 0 aromatic heterocycles. The van der Waals surface area contributed by atoms with E-state index in [-0.39, 0.29) is 5.57 Å². The average molecular weight is 349 g/mol. The highest BCUT2D eigenvalue weighted by atomic mass is 16.5. The second kappa shape index (κ2) is 9.64. The van der Waals surface area contributed by atoms with Gasteiger partial charge in [0.05, 0.1) is 18.4 Å². The standard InChI is InChI=1S/C20H19N3O3/c1-26-20(25)17-9-5-6-10-18(17)23-14-16(13-21)19(24)22-12-11-15-7-3-2-4-8-15/h2-10,14,23H,11-12H2,1H3,(H,22,24). The van der Waals surface area contributed by atoms with Crippen LogP contribution in [-0.4, -0.2) is 25.5 Å². The highest BCUT2D eigenvalue weighted by Crippen LogP contribution is 2.16. The Morgan fingerprint density at radius 1 is 1.12 bits per heavy atom. The number of nitriles is 1. The number of esters is 1. The van der Waals surface area contributed by atoms with Gasteiger partial charge in [-0.1, -0.05) is 42.5 Å². The number of anilines is 1. The Balaban J connectivity index is 1.98. The van der Waals surface area contributed by atoms with Crippen LogP contribution >= 0.6 is 0 Å². The molecule has 0 fully saturated rings. The SMILES string of the molecule is COC(=O)c1ccccc1NC=C(C#N)C(=O)NCCc1ccccc1. The van der Waals surface area contributed by atoms with Gasteiger partial charge in [0, 0.05) is 12.7 Å². The highest BCUT2D eigenvalue weighted by Gasteiger charge is 2.12. The lowest BCUT2D eigenvalue weighted by Gasteiger charge is -2.08. The summed E-state index contributed by atoms with van der Waals surface area (Å²) in [4.78, 5) is 23.9. The van der Waals surface area contributed by atoms with Crippen LogP contribution in [0.3, 0.4) is 0 Å². The Morgan fingerprint density at radius 2 is 1.81 bits per heavy atom. The van der Waals surface area contributed by atoms with Crippen molar-refractivity contribution in [2.24, 2.45) is 0 Å². The molecule has 2 rings (SSSR count). The molecular formula is C20H19N3O3. The van der Waals surface area contributed by atoms with Gasteiger partial charge in [-0.3, -0.25) is 4.79 Å². The van der Waals surface area contributed by atoms with E-state index >= 15 is 0 Å². The van der Waals surface area contributed by atoms with E-state index < -0.39 is 11.9 Å². The van der Waals surface area contributed by atoms with Crippen molar-refractivity contribution in [1.82, 2.24) is 5.32 Å². The lowest BCUT2D eigenvalue weighted by molar-refractivity contribution is -0.117. The molecule has 2 aromatic rings. The van der Waals surface area contributed by atoms with Crippen LogP contribution in [0.5, 0.6) is 0 Å². The van der Waals surface area contributed by atoms with E-state index in [1.165, 1.54) is 13.3 Å². The molecule has 6 nitrogen and oxygen atoms in total. The molecule has 0 heterocycles. The zero-order valence-electron chi connectivity index (χ0n) is 14.4. The molecule has 2 N–H and O–H groups in total. The van der Waals surface area contributed by atoms with E-state index in [2.05, 4.69) is 10.6 Å². The van der Waals surface area contributed by atoms with Crippen molar-refractivity contribution in [3.05, 3.63) is 77.5 Å². The molecule has 0 aliphatic heterocycles. The fraction of sp³-hybridized carbons (Fsp3) is 0.150. The molecule has 0 bridgehead atoms. The molecule has 0 aliphatic carbocycles. The van der Waals surface area contributed by atoms with Crippen LogP contribution in [0.15, 0.2) is 66.4 Å². The monoisotopic (exact) mass is 349 g/mol. The lowest BCUT2D eigenvalue weighted by Crippen LogP contribution is -2.27. The number of ether oxygens (including phenoxy) is 1. The summed E-state index contributed by atoms with van der Waals surface area (Å²) in [5.74, 6) is -0.987. The van der Waals surface area contributed by atoms with Gasteiger partial charge in [0.15, 0.2) is 0 Å². The Morgan fingerprint density at radius 3 is 2.50 bits per heavy atom. The molecule has 6 heteroatoms. The van der Waals surface area contributed by atoms with Crippen LogP contribution in [0.25, 0.3) is 0 Å². The summed E-state index contributed by atoms with van der Waals surface area (Å²) in [6.07, 6.45) is 1.95. The van der Waals surface area contributed by atoms with Gasteiger partial charge in [0.1, 0.15) is 11.6 Å². The zero-order chi connectivity index (χ0) is 18.8. The fourth-order valence-electron chi connectivity index (χ4n) is 2.26. The minimum Gasteiger partial charge on any atom is -0.465 e. The first kappa shape index (κ1) is 18.7. The maximum atomic E-state index is 12.1. The van der Waals surface area contributed by atoms with E-state index in [4.69, 9.17) is 4.74 Å². The third kappa shape index (κ3) is 5.21. The number of benzene rings is 2.